The average molecular weight is 356 g/mol. The number of ether oxygens (including phenoxy) is 1. The standard InChI is InChI=1S/C19H24N4OS/c1-14-3-8-18(20-13-14)22-19(25)21-15(2)16-4-6-17(7-5-16)23-9-11-24-12-10-23/h3-8,13,15H,9-12H2,1-2H3,(H2,20,21,22,25). The third kappa shape index (κ3) is 4.90. The van der Waals surface area contributed by atoms with Crippen LogP contribution in [0.1, 0.15) is 24.1 Å². The van der Waals surface area contributed by atoms with Crippen LogP contribution in [0, 0.1) is 6.92 Å². The van der Waals surface area contributed by atoms with E-state index >= 15 is 0 Å². The van der Waals surface area contributed by atoms with Gasteiger partial charge in [-0.05, 0) is 55.4 Å². The number of aromatic nitrogens is 1. The molecule has 0 radical (unpaired) electrons. The quantitative estimate of drug-likeness (QED) is 0.820. The van der Waals surface area contributed by atoms with Gasteiger partial charge in [0.25, 0.3) is 0 Å². The molecule has 3 rings (SSSR count). The largest absolute Gasteiger partial charge is 0.378 e. The molecule has 1 fully saturated rings. The molecule has 5 nitrogen and oxygen atoms in total. The van der Waals surface area contributed by atoms with Gasteiger partial charge in [-0.1, -0.05) is 18.2 Å². The van der Waals surface area contributed by atoms with Crippen molar-refractivity contribution in [2.75, 3.05) is 36.5 Å². The van der Waals surface area contributed by atoms with Crippen LogP contribution in [-0.4, -0.2) is 36.4 Å². The lowest BCUT2D eigenvalue weighted by Gasteiger charge is -2.29. The second-order valence-electron chi connectivity index (χ2n) is 6.23. The van der Waals surface area contributed by atoms with Crippen LogP contribution >= 0.6 is 12.2 Å². The topological polar surface area (TPSA) is 49.4 Å². The maximum atomic E-state index is 5.40. The molecule has 1 unspecified atom stereocenters. The maximum absolute atomic E-state index is 5.40. The van der Waals surface area contributed by atoms with E-state index in [1.807, 2.05) is 25.3 Å². The van der Waals surface area contributed by atoms with Crippen LogP contribution in [0.25, 0.3) is 0 Å². The minimum atomic E-state index is 0.115. The second kappa shape index (κ2) is 8.27. The van der Waals surface area contributed by atoms with Gasteiger partial charge in [0.15, 0.2) is 5.11 Å². The van der Waals surface area contributed by atoms with Gasteiger partial charge in [0.1, 0.15) is 5.82 Å². The first-order chi connectivity index (χ1) is 12.1. The molecule has 132 valence electrons. The number of rotatable bonds is 4. The minimum Gasteiger partial charge on any atom is -0.378 e. The number of nitrogens with one attached hydrogen (secondary N) is 2. The highest BCUT2D eigenvalue weighted by Gasteiger charge is 2.12. The summed E-state index contributed by atoms with van der Waals surface area (Å²) in [4.78, 5) is 6.66. The molecule has 2 N–H and O–H groups in total. The molecule has 6 heteroatoms. The number of anilines is 2. The van der Waals surface area contributed by atoms with Gasteiger partial charge >= 0.3 is 0 Å². The lowest BCUT2D eigenvalue weighted by atomic mass is 10.1. The van der Waals surface area contributed by atoms with E-state index in [0.717, 1.165) is 37.7 Å². The van der Waals surface area contributed by atoms with Gasteiger partial charge in [0.05, 0.1) is 19.3 Å². The van der Waals surface area contributed by atoms with Gasteiger partial charge in [-0.25, -0.2) is 4.98 Å². The summed E-state index contributed by atoms with van der Waals surface area (Å²) in [5, 5.41) is 7.00. The fourth-order valence-electron chi connectivity index (χ4n) is 2.77. The Morgan fingerprint density at radius 1 is 1.16 bits per heavy atom. The summed E-state index contributed by atoms with van der Waals surface area (Å²) in [5.74, 6) is 0.748. The van der Waals surface area contributed by atoms with Crippen LogP contribution in [0.4, 0.5) is 11.5 Å². The first-order valence-corrected chi connectivity index (χ1v) is 8.95. The van der Waals surface area contributed by atoms with Gasteiger partial charge in [0.2, 0.25) is 0 Å². The number of nitrogens with zero attached hydrogens (tertiary/aromatic N) is 2. The van der Waals surface area contributed by atoms with Crippen molar-refractivity contribution in [1.29, 1.82) is 0 Å². The van der Waals surface area contributed by atoms with Gasteiger partial charge < -0.3 is 20.3 Å². The van der Waals surface area contributed by atoms with Crippen molar-refractivity contribution in [2.24, 2.45) is 0 Å². The number of thiocarbonyl (C=S) groups is 1. The molecule has 2 aromatic rings. The number of morpholine rings is 1. The van der Waals surface area contributed by atoms with Gasteiger partial charge in [-0.15, -0.1) is 0 Å². The number of pyridine rings is 1. The average Bonchev–Trinajstić information content (AvgIpc) is 2.64. The van der Waals surface area contributed by atoms with Crippen molar-refractivity contribution in [2.45, 2.75) is 19.9 Å². The molecule has 25 heavy (non-hydrogen) atoms. The Balaban J connectivity index is 1.55. The molecule has 1 aromatic heterocycles. The summed E-state index contributed by atoms with van der Waals surface area (Å²) in [7, 11) is 0. The molecular formula is C19H24N4OS. The highest BCUT2D eigenvalue weighted by molar-refractivity contribution is 7.80. The summed E-state index contributed by atoms with van der Waals surface area (Å²) < 4.78 is 5.40. The van der Waals surface area contributed by atoms with Crippen LogP contribution in [0.2, 0.25) is 0 Å². The molecule has 0 saturated carbocycles. The Bertz CT molecular complexity index is 696. The van der Waals surface area contributed by atoms with Crippen LogP contribution < -0.4 is 15.5 Å². The van der Waals surface area contributed by atoms with Gasteiger partial charge in [0, 0.05) is 25.0 Å². The number of aryl methyl sites for hydroxylation is 1. The van der Waals surface area contributed by atoms with Gasteiger partial charge in [-0.2, -0.15) is 0 Å². The molecule has 0 aliphatic carbocycles. The molecular weight excluding hydrogens is 332 g/mol. The molecule has 0 bridgehead atoms. The normalized spacial score (nSPS) is 15.5. The molecule has 1 atom stereocenters. The third-order valence-corrected chi connectivity index (χ3v) is 4.49. The Morgan fingerprint density at radius 2 is 1.88 bits per heavy atom. The summed E-state index contributed by atoms with van der Waals surface area (Å²) >= 11 is 5.39. The van der Waals surface area contributed by atoms with Crippen LogP contribution in [0.3, 0.4) is 0 Å². The van der Waals surface area contributed by atoms with Crippen LogP contribution in [-0.2, 0) is 4.74 Å². The SMILES string of the molecule is Cc1ccc(NC(=S)NC(C)c2ccc(N3CCOCC3)cc2)nc1. The molecule has 1 saturated heterocycles. The summed E-state index contributed by atoms with van der Waals surface area (Å²) in [6.07, 6.45) is 1.82. The monoisotopic (exact) mass is 356 g/mol. The lowest BCUT2D eigenvalue weighted by Crippen LogP contribution is -2.36. The van der Waals surface area contributed by atoms with E-state index in [9.17, 15) is 0 Å². The fraction of sp³-hybridized carbons (Fsp3) is 0.368. The molecule has 1 aliphatic heterocycles. The smallest absolute Gasteiger partial charge is 0.172 e. The van der Waals surface area contributed by atoms with E-state index in [2.05, 4.69) is 51.7 Å². The van der Waals surface area contributed by atoms with Crippen molar-refractivity contribution in [3.63, 3.8) is 0 Å². The molecule has 1 aromatic carbocycles. The van der Waals surface area contributed by atoms with E-state index in [4.69, 9.17) is 17.0 Å². The Labute approximate surface area is 154 Å². The first kappa shape index (κ1) is 17.6. The molecule has 1 aliphatic rings. The minimum absolute atomic E-state index is 0.115. The molecule has 0 amide bonds. The van der Waals surface area contributed by atoms with E-state index < -0.39 is 0 Å². The number of benzene rings is 1. The van der Waals surface area contributed by atoms with Crippen molar-refractivity contribution in [1.82, 2.24) is 10.3 Å². The summed E-state index contributed by atoms with van der Waals surface area (Å²) in [6, 6.07) is 12.7. The highest BCUT2D eigenvalue weighted by atomic mass is 32.1. The number of hydrogen-bond acceptors (Lipinski definition) is 4. The first-order valence-electron chi connectivity index (χ1n) is 8.54. The fourth-order valence-corrected chi connectivity index (χ4v) is 3.05. The Morgan fingerprint density at radius 3 is 2.52 bits per heavy atom. The maximum Gasteiger partial charge on any atom is 0.172 e. The Kier molecular flexibility index (Phi) is 5.83. The van der Waals surface area contributed by atoms with Crippen molar-refractivity contribution in [3.05, 3.63) is 53.7 Å². The lowest BCUT2D eigenvalue weighted by molar-refractivity contribution is 0.122. The van der Waals surface area contributed by atoms with Crippen molar-refractivity contribution >= 4 is 28.8 Å². The van der Waals surface area contributed by atoms with E-state index in [0.29, 0.717) is 5.11 Å². The second-order valence-corrected chi connectivity index (χ2v) is 6.64. The van der Waals surface area contributed by atoms with Crippen molar-refractivity contribution in [3.8, 4) is 0 Å². The van der Waals surface area contributed by atoms with Crippen molar-refractivity contribution < 1.29 is 4.74 Å². The van der Waals surface area contributed by atoms with Crippen LogP contribution in [0.15, 0.2) is 42.6 Å². The summed E-state index contributed by atoms with van der Waals surface area (Å²) in [5.41, 5.74) is 3.56. The number of hydrogen-bond donors (Lipinski definition) is 2. The molecule has 2 heterocycles. The Hall–Kier alpha value is -2.18. The predicted octanol–water partition coefficient (Wildman–Crippen LogP) is 3.27. The van der Waals surface area contributed by atoms with E-state index in [-0.39, 0.29) is 6.04 Å². The van der Waals surface area contributed by atoms with E-state index in [1.54, 1.807) is 0 Å². The van der Waals surface area contributed by atoms with Crippen LogP contribution in [0.5, 0.6) is 0 Å². The zero-order chi connectivity index (χ0) is 17.6. The highest BCUT2D eigenvalue weighted by Crippen LogP contribution is 2.20. The zero-order valence-electron chi connectivity index (χ0n) is 14.7. The zero-order valence-corrected chi connectivity index (χ0v) is 15.5. The summed E-state index contributed by atoms with van der Waals surface area (Å²) in [6.45, 7) is 7.60. The predicted molar refractivity (Wildman–Crippen MR) is 106 cm³/mol. The third-order valence-electron chi connectivity index (χ3n) is 4.27. The van der Waals surface area contributed by atoms with Gasteiger partial charge in [-0.3, -0.25) is 0 Å². The molecule has 0 spiro atoms. The van der Waals surface area contributed by atoms with E-state index in [1.165, 1.54) is 11.3 Å².